The van der Waals surface area contributed by atoms with Gasteiger partial charge in [-0.25, -0.2) is 0 Å². The second-order valence-corrected chi connectivity index (χ2v) is 8.17. The summed E-state index contributed by atoms with van der Waals surface area (Å²) in [5, 5.41) is 16.1. The highest BCUT2D eigenvalue weighted by Crippen LogP contribution is 2.34. The number of amides is 1. The van der Waals surface area contributed by atoms with Gasteiger partial charge in [-0.3, -0.25) is 9.69 Å². The third-order valence-corrected chi connectivity index (χ3v) is 6.47. The van der Waals surface area contributed by atoms with Crippen LogP contribution in [0.2, 0.25) is 0 Å². The summed E-state index contributed by atoms with van der Waals surface area (Å²) in [5.74, 6) is 0.108. The van der Waals surface area contributed by atoms with Crippen molar-refractivity contribution in [3.05, 3.63) is 39.4 Å². The second-order valence-electron chi connectivity index (χ2n) is 6.49. The summed E-state index contributed by atoms with van der Waals surface area (Å²) in [6.45, 7) is 4.24. The number of hydrogen-bond donors (Lipinski definition) is 0. The smallest absolute Gasteiger partial charge is 0.245 e. The van der Waals surface area contributed by atoms with E-state index in [1.807, 2.05) is 5.38 Å². The van der Waals surface area contributed by atoms with Crippen LogP contribution in [0.15, 0.2) is 28.3 Å². The molecular weight excluding hydrogens is 354 g/mol. The van der Waals surface area contributed by atoms with E-state index in [2.05, 4.69) is 34.7 Å². The molecule has 2 aromatic heterocycles. The van der Waals surface area contributed by atoms with Gasteiger partial charge in [0, 0.05) is 19.6 Å². The number of ether oxygens (including phenoxy) is 1. The first-order valence-corrected chi connectivity index (χ1v) is 10.2. The lowest BCUT2D eigenvalue weighted by Gasteiger charge is -2.39. The number of carbonyl (C=O) groups excluding carboxylic acids is 1. The standard InChI is InChI=1S/C18H19N3O2S2/c1-12-9-20(10-16(23-12)14-3-6-24-11-14)15-2-5-21(17(15)22)18-13(8-19)4-7-25-18/h3-4,6-7,11-12,15-16H,2,5,9-10H2,1H3. The first kappa shape index (κ1) is 16.7. The number of carbonyl (C=O) groups is 1. The van der Waals surface area contributed by atoms with Crippen molar-refractivity contribution in [2.45, 2.75) is 31.6 Å². The van der Waals surface area contributed by atoms with E-state index >= 15 is 0 Å². The first-order valence-electron chi connectivity index (χ1n) is 8.38. The van der Waals surface area contributed by atoms with Crippen LogP contribution in [0.25, 0.3) is 0 Å². The van der Waals surface area contributed by atoms with Gasteiger partial charge in [0.15, 0.2) is 0 Å². The van der Waals surface area contributed by atoms with Crippen LogP contribution in [0, 0.1) is 11.3 Å². The zero-order chi connectivity index (χ0) is 17.4. The minimum Gasteiger partial charge on any atom is -0.368 e. The van der Waals surface area contributed by atoms with Gasteiger partial charge in [-0.05, 0) is 47.2 Å². The molecule has 3 atom stereocenters. The van der Waals surface area contributed by atoms with Crippen LogP contribution in [0.3, 0.4) is 0 Å². The number of morpholine rings is 1. The predicted octanol–water partition coefficient (Wildman–Crippen LogP) is 3.25. The molecule has 0 aromatic carbocycles. The van der Waals surface area contributed by atoms with Crippen molar-refractivity contribution in [3.63, 3.8) is 0 Å². The molecule has 0 bridgehead atoms. The average Bonchev–Trinajstić information content (AvgIpc) is 3.34. The van der Waals surface area contributed by atoms with E-state index in [1.165, 1.54) is 16.9 Å². The monoisotopic (exact) mass is 373 g/mol. The zero-order valence-electron chi connectivity index (χ0n) is 13.9. The molecule has 0 N–H and O–H groups in total. The average molecular weight is 374 g/mol. The fourth-order valence-electron chi connectivity index (χ4n) is 3.68. The molecule has 0 spiro atoms. The van der Waals surface area contributed by atoms with Gasteiger partial charge in [0.25, 0.3) is 0 Å². The van der Waals surface area contributed by atoms with Gasteiger partial charge in [0.2, 0.25) is 5.91 Å². The summed E-state index contributed by atoms with van der Waals surface area (Å²) in [7, 11) is 0. The fraction of sp³-hybridized carbons (Fsp3) is 0.444. The van der Waals surface area contributed by atoms with Crippen LogP contribution in [-0.4, -0.2) is 42.6 Å². The highest BCUT2D eigenvalue weighted by Gasteiger charge is 2.41. The minimum absolute atomic E-state index is 0.0215. The Balaban J connectivity index is 1.52. The number of anilines is 1. The third kappa shape index (κ3) is 3.11. The molecule has 0 radical (unpaired) electrons. The maximum atomic E-state index is 13.0. The Labute approximate surface area is 155 Å². The molecule has 25 heavy (non-hydrogen) atoms. The number of rotatable bonds is 3. The molecule has 0 aliphatic carbocycles. The molecule has 4 heterocycles. The normalized spacial score (nSPS) is 27.6. The minimum atomic E-state index is -0.124. The van der Waals surface area contributed by atoms with Crippen molar-refractivity contribution in [2.75, 3.05) is 24.5 Å². The molecule has 2 aliphatic heterocycles. The van der Waals surface area contributed by atoms with E-state index < -0.39 is 0 Å². The van der Waals surface area contributed by atoms with Gasteiger partial charge >= 0.3 is 0 Å². The van der Waals surface area contributed by atoms with Gasteiger partial charge in [-0.1, -0.05) is 0 Å². The summed E-state index contributed by atoms with van der Waals surface area (Å²) in [6, 6.07) is 5.94. The highest BCUT2D eigenvalue weighted by molar-refractivity contribution is 7.14. The van der Waals surface area contributed by atoms with E-state index in [0.29, 0.717) is 12.1 Å². The summed E-state index contributed by atoms with van der Waals surface area (Å²) < 4.78 is 6.09. The lowest BCUT2D eigenvalue weighted by atomic mass is 10.1. The number of nitriles is 1. The van der Waals surface area contributed by atoms with E-state index in [1.54, 1.807) is 22.3 Å². The van der Waals surface area contributed by atoms with Gasteiger partial charge < -0.3 is 9.64 Å². The molecule has 2 fully saturated rings. The van der Waals surface area contributed by atoms with Crippen molar-refractivity contribution in [2.24, 2.45) is 0 Å². The summed E-state index contributed by atoms with van der Waals surface area (Å²) in [5.41, 5.74) is 1.78. The number of hydrogen-bond acceptors (Lipinski definition) is 6. The fourth-order valence-corrected chi connectivity index (χ4v) is 5.27. The molecule has 0 saturated carbocycles. The highest BCUT2D eigenvalue weighted by atomic mass is 32.1. The topological polar surface area (TPSA) is 56.6 Å². The third-order valence-electron chi connectivity index (χ3n) is 4.83. The molecule has 4 rings (SSSR count). The van der Waals surface area contributed by atoms with Crippen molar-refractivity contribution < 1.29 is 9.53 Å². The Hall–Kier alpha value is -1.72. The van der Waals surface area contributed by atoms with E-state index in [-0.39, 0.29) is 24.2 Å². The Morgan fingerprint density at radius 3 is 2.96 bits per heavy atom. The van der Waals surface area contributed by atoms with Crippen LogP contribution in [-0.2, 0) is 9.53 Å². The van der Waals surface area contributed by atoms with Gasteiger partial charge in [0.05, 0.1) is 23.8 Å². The van der Waals surface area contributed by atoms with Gasteiger partial charge in [-0.2, -0.15) is 16.6 Å². The van der Waals surface area contributed by atoms with Crippen LogP contribution in [0.5, 0.6) is 0 Å². The van der Waals surface area contributed by atoms with Crippen molar-refractivity contribution in [3.8, 4) is 6.07 Å². The van der Waals surface area contributed by atoms with Crippen molar-refractivity contribution in [1.29, 1.82) is 5.26 Å². The van der Waals surface area contributed by atoms with Crippen LogP contribution in [0.1, 0.15) is 30.6 Å². The molecule has 7 heteroatoms. The number of nitrogens with zero attached hydrogens (tertiary/aromatic N) is 3. The van der Waals surface area contributed by atoms with E-state index in [0.717, 1.165) is 24.5 Å². The number of thiophene rings is 2. The predicted molar refractivity (Wildman–Crippen MR) is 99.0 cm³/mol. The Kier molecular flexibility index (Phi) is 4.61. The maximum absolute atomic E-state index is 13.0. The molecule has 2 aliphatic rings. The molecule has 2 aromatic rings. The largest absolute Gasteiger partial charge is 0.368 e. The van der Waals surface area contributed by atoms with Crippen LogP contribution >= 0.6 is 22.7 Å². The Morgan fingerprint density at radius 1 is 1.32 bits per heavy atom. The van der Waals surface area contributed by atoms with E-state index in [9.17, 15) is 10.1 Å². The van der Waals surface area contributed by atoms with E-state index in [4.69, 9.17) is 4.74 Å². The van der Waals surface area contributed by atoms with Crippen LogP contribution in [0.4, 0.5) is 5.00 Å². The summed E-state index contributed by atoms with van der Waals surface area (Å²) >= 11 is 3.13. The maximum Gasteiger partial charge on any atom is 0.245 e. The zero-order valence-corrected chi connectivity index (χ0v) is 15.6. The summed E-state index contributed by atoms with van der Waals surface area (Å²) in [6.07, 6.45) is 0.912. The summed E-state index contributed by atoms with van der Waals surface area (Å²) in [4.78, 5) is 17.1. The Bertz CT molecular complexity index is 796. The van der Waals surface area contributed by atoms with Gasteiger partial charge in [-0.15, -0.1) is 11.3 Å². The molecule has 130 valence electrons. The second kappa shape index (κ2) is 6.89. The molecular formula is C18H19N3O2S2. The quantitative estimate of drug-likeness (QED) is 0.829. The molecule has 3 unspecified atom stereocenters. The molecule has 5 nitrogen and oxygen atoms in total. The van der Waals surface area contributed by atoms with Crippen molar-refractivity contribution in [1.82, 2.24) is 4.90 Å². The van der Waals surface area contributed by atoms with Gasteiger partial charge in [0.1, 0.15) is 11.1 Å². The first-order chi connectivity index (χ1) is 12.2. The SMILES string of the molecule is CC1CN(C2CCN(c3sccc3C#N)C2=O)CC(c2ccsc2)O1. The lowest BCUT2D eigenvalue weighted by molar-refractivity contribution is -0.129. The molecule has 2 saturated heterocycles. The Morgan fingerprint density at radius 2 is 2.20 bits per heavy atom. The van der Waals surface area contributed by atoms with Crippen LogP contribution < -0.4 is 4.90 Å². The molecule has 1 amide bonds. The van der Waals surface area contributed by atoms with Crippen molar-refractivity contribution >= 4 is 33.6 Å². The lowest BCUT2D eigenvalue weighted by Crippen LogP contribution is -2.50.